The van der Waals surface area contributed by atoms with Crippen molar-refractivity contribution in [1.82, 2.24) is 5.32 Å². The average Bonchev–Trinajstić information content (AvgIpc) is 2.19. The molecule has 0 radical (unpaired) electrons. The molecule has 1 aromatic carbocycles. The van der Waals surface area contributed by atoms with Gasteiger partial charge < -0.3 is 14.8 Å². The highest BCUT2D eigenvalue weighted by atomic mass is 35.5. The van der Waals surface area contributed by atoms with E-state index in [9.17, 15) is 0 Å². The van der Waals surface area contributed by atoms with Crippen molar-refractivity contribution in [2.45, 2.75) is 6.54 Å². The summed E-state index contributed by atoms with van der Waals surface area (Å²) >= 11 is 5.99. The molecule has 0 aliphatic rings. The molecular weight excluding hydrogens is 202 g/mol. The summed E-state index contributed by atoms with van der Waals surface area (Å²) in [6.45, 7) is 0.715. The number of hydrogen-bond acceptors (Lipinski definition) is 3. The minimum Gasteiger partial charge on any atom is -0.496 e. The van der Waals surface area contributed by atoms with Gasteiger partial charge in [0.05, 0.1) is 19.2 Å². The molecule has 0 aliphatic heterocycles. The summed E-state index contributed by atoms with van der Waals surface area (Å²) < 4.78 is 10.3. The maximum Gasteiger partial charge on any atom is 0.141 e. The van der Waals surface area contributed by atoms with Crippen LogP contribution >= 0.6 is 11.6 Å². The third-order valence-corrected chi connectivity index (χ3v) is 2.22. The Balaban J connectivity index is 3.10. The summed E-state index contributed by atoms with van der Waals surface area (Å²) in [4.78, 5) is 0. The van der Waals surface area contributed by atoms with Crippen molar-refractivity contribution in [1.29, 1.82) is 0 Å². The van der Waals surface area contributed by atoms with Crippen molar-refractivity contribution >= 4 is 11.6 Å². The molecule has 4 heteroatoms. The Hall–Kier alpha value is -0.930. The standard InChI is InChI=1S/C10H14ClNO2/c1-12-6-7-4-8(11)10(14-3)5-9(7)13-2/h4-5,12H,6H2,1-3H3. The van der Waals surface area contributed by atoms with Crippen LogP contribution in [0.15, 0.2) is 12.1 Å². The average molecular weight is 216 g/mol. The van der Waals surface area contributed by atoms with Gasteiger partial charge in [0.2, 0.25) is 0 Å². The first-order valence-electron chi connectivity index (χ1n) is 4.28. The molecule has 0 atom stereocenters. The number of halogens is 1. The molecule has 78 valence electrons. The molecule has 0 saturated heterocycles. The summed E-state index contributed by atoms with van der Waals surface area (Å²) in [6, 6.07) is 3.63. The van der Waals surface area contributed by atoms with Crippen LogP contribution in [0.3, 0.4) is 0 Å². The zero-order valence-corrected chi connectivity index (χ0v) is 9.31. The predicted octanol–water partition coefficient (Wildman–Crippen LogP) is 2.08. The molecular formula is C10H14ClNO2. The maximum atomic E-state index is 5.99. The van der Waals surface area contributed by atoms with Crippen LogP contribution in [0, 0.1) is 0 Å². The lowest BCUT2D eigenvalue weighted by Gasteiger charge is -2.11. The largest absolute Gasteiger partial charge is 0.496 e. The van der Waals surface area contributed by atoms with Gasteiger partial charge in [-0.1, -0.05) is 11.6 Å². The molecule has 0 fully saturated rings. The minimum atomic E-state index is 0.596. The van der Waals surface area contributed by atoms with Gasteiger partial charge in [-0.25, -0.2) is 0 Å². The lowest BCUT2D eigenvalue weighted by Crippen LogP contribution is -2.06. The van der Waals surface area contributed by atoms with Gasteiger partial charge in [0.25, 0.3) is 0 Å². The Kier molecular flexibility index (Phi) is 4.04. The Morgan fingerprint density at radius 3 is 2.36 bits per heavy atom. The molecule has 0 aromatic heterocycles. The molecule has 1 aromatic rings. The first-order chi connectivity index (χ1) is 6.72. The van der Waals surface area contributed by atoms with Crippen molar-refractivity contribution in [2.75, 3.05) is 21.3 Å². The van der Waals surface area contributed by atoms with Crippen molar-refractivity contribution in [3.8, 4) is 11.5 Å². The smallest absolute Gasteiger partial charge is 0.141 e. The molecule has 0 saturated carbocycles. The van der Waals surface area contributed by atoms with Crippen LogP contribution in [-0.2, 0) is 6.54 Å². The molecule has 1 rings (SSSR count). The van der Waals surface area contributed by atoms with Crippen LogP contribution in [-0.4, -0.2) is 21.3 Å². The third kappa shape index (κ3) is 2.30. The van der Waals surface area contributed by atoms with Crippen LogP contribution < -0.4 is 14.8 Å². The molecule has 14 heavy (non-hydrogen) atoms. The van der Waals surface area contributed by atoms with Gasteiger partial charge in [-0.3, -0.25) is 0 Å². The van der Waals surface area contributed by atoms with Gasteiger partial charge in [0, 0.05) is 18.2 Å². The second-order valence-electron chi connectivity index (χ2n) is 2.83. The Labute approximate surface area is 89.0 Å². The maximum absolute atomic E-state index is 5.99. The van der Waals surface area contributed by atoms with Gasteiger partial charge in [0.1, 0.15) is 11.5 Å². The van der Waals surface area contributed by atoms with Gasteiger partial charge in [-0.05, 0) is 13.1 Å². The van der Waals surface area contributed by atoms with Crippen LogP contribution in [0.25, 0.3) is 0 Å². The van der Waals surface area contributed by atoms with Crippen LogP contribution in [0.2, 0.25) is 5.02 Å². The Morgan fingerprint density at radius 2 is 1.86 bits per heavy atom. The number of hydrogen-bond donors (Lipinski definition) is 1. The highest BCUT2D eigenvalue weighted by molar-refractivity contribution is 6.32. The second kappa shape index (κ2) is 5.08. The van der Waals surface area contributed by atoms with E-state index in [0.29, 0.717) is 17.3 Å². The quantitative estimate of drug-likeness (QED) is 0.834. The number of rotatable bonds is 4. The van der Waals surface area contributed by atoms with E-state index in [1.165, 1.54) is 0 Å². The molecule has 0 amide bonds. The summed E-state index contributed by atoms with van der Waals surface area (Å²) in [5, 5.41) is 3.64. The van der Waals surface area contributed by atoms with Crippen molar-refractivity contribution in [3.63, 3.8) is 0 Å². The van der Waals surface area contributed by atoms with Gasteiger partial charge in [0.15, 0.2) is 0 Å². The summed E-state index contributed by atoms with van der Waals surface area (Å²) in [6.07, 6.45) is 0. The van der Waals surface area contributed by atoms with E-state index in [1.807, 2.05) is 13.1 Å². The topological polar surface area (TPSA) is 30.5 Å². The molecule has 0 spiro atoms. The molecule has 0 unspecified atom stereocenters. The predicted molar refractivity (Wildman–Crippen MR) is 57.3 cm³/mol. The zero-order chi connectivity index (χ0) is 10.6. The van der Waals surface area contributed by atoms with E-state index in [0.717, 1.165) is 11.3 Å². The number of ether oxygens (including phenoxy) is 2. The summed E-state index contributed by atoms with van der Waals surface area (Å²) in [5.41, 5.74) is 1.01. The van der Waals surface area contributed by atoms with E-state index in [-0.39, 0.29) is 0 Å². The van der Waals surface area contributed by atoms with Crippen LogP contribution in [0.4, 0.5) is 0 Å². The molecule has 0 aliphatic carbocycles. The summed E-state index contributed by atoms with van der Waals surface area (Å²) in [5.74, 6) is 1.41. The highest BCUT2D eigenvalue weighted by Gasteiger charge is 2.08. The SMILES string of the molecule is CNCc1cc(Cl)c(OC)cc1OC. The second-order valence-corrected chi connectivity index (χ2v) is 3.24. The lowest BCUT2D eigenvalue weighted by molar-refractivity contribution is 0.390. The molecule has 3 nitrogen and oxygen atoms in total. The van der Waals surface area contributed by atoms with E-state index in [2.05, 4.69) is 5.32 Å². The van der Waals surface area contributed by atoms with Crippen molar-refractivity contribution in [3.05, 3.63) is 22.7 Å². The normalized spacial score (nSPS) is 10.0. The molecule has 1 N–H and O–H groups in total. The molecule has 0 bridgehead atoms. The van der Waals surface area contributed by atoms with Crippen LogP contribution in [0.1, 0.15) is 5.56 Å². The van der Waals surface area contributed by atoms with Gasteiger partial charge in [-0.2, -0.15) is 0 Å². The Morgan fingerprint density at radius 1 is 1.21 bits per heavy atom. The number of benzene rings is 1. The monoisotopic (exact) mass is 215 g/mol. The highest BCUT2D eigenvalue weighted by Crippen LogP contribution is 2.32. The van der Waals surface area contributed by atoms with Crippen LogP contribution in [0.5, 0.6) is 11.5 Å². The fraction of sp³-hybridized carbons (Fsp3) is 0.400. The van der Waals surface area contributed by atoms with E-state index in [4.69, 9.17) is 21.1 Å². The fourth-order valence-corrected chi connectivity index (χ4v) is 1.51. The molecule has 0 heterocycles. The Bertz CT molecular complexity index is 315. The van der Waals surface area contributed by atoms with Crippen molar-refractivity contribution in [2.24, 2.45) is 0 Å². The lowest BCUT2D eigenvalue weighted by atomic mass is 10.2. The minimum absolute atomic E-state index is 0.596. The zero-order valence-electron chi connectivity index (χ0n) is 8.56. The van der Waals surface area contributed by atoms with Gasteiger partial charge >= 0.3 is 0 Å². The third-order valence-electron chi connectivity index (χ3n) is 1.92. The van der Waals surface area contributed by atoms with E-state index < -0.39 is 0 Å². The first-order valence-corrected chi connectivity index (χ1v) is 4.65. The summed E-state index contributed by atoms with van der Waals surface area (Å²) in [7, 11) is 5.08. The van der Waals surface area contributed by atoms with Gasteiger partial charge in [-0.15, -0.1) is 0 Å². The van der Waals surface area contributed by atoms with Crippen molar-refractivity contribution < 1.29 is 9.47 Å². The first kappa shape index (κ1) is 11.1. The van der Waals surface area contributed by atoms with E-state index in [1.54, 1.807) is 20.3 Å². The van der Waals surface area contributed by atoms with E-state index >= 15 is 0 Å². The number of nitrogens with one attached hydrogen (secondary N) is 1. The fourth-order valence-electron chi connectivity index (χ4n) is 1.25. The number of methoxy groups -OCH3 is 2.